The van der Waals surface area contributed by atoms with Crippen LogP contribution in [0.1, 0.15) is 40.4 Å². The van der Waals surface area contributed by atoms with Crippen LogP contribution in [0.5, 0.6) is 5.75 Å². The van der Waals surface area contributed by atoms with Gasteiger partial charge in [0.2, 0.25) is 0 Å². The molecule has 3 aromatic rings. The lowest BCUT2D eigenvalue weighted by atomic mass is 9.85. The first-order valence-corrected chi connectivity index (χ1v) is 10.2. The molecular formula is C25H23N3O3. The number of carbonyl (C=O) groups excluding carboxylic acids is 1. The number of aromatic hydroxyl groups is 1. The molecule has 31 heavy (non-hydrogen) atoms. The Hall–Kier alpha value is -3.77. The van der Waals surface area contributed by atoms with Crippen molar-refractivity contribution < 1.29 is 14.7 Å². The summed E-state index contributed by atoms with van der Waals surface area (Å²) in [6, 6.07) is 19.0. The Kier molecular flexibility index (Phi) is 5.91. The minimum Gasteiger partial charge on any atom is -0.506 e. The molecule has 0 saturated carbocycles. The molecule has 156 valence electrons. The van der Waals surface area contributed by atoms with E-state index in [0.29, 0.717) is 24.2 Å². The number of aliphatic imine (C=N–C) groups is 2. The number of nitrogens with two attached hydrogens (primary N) is 1. The topological polar surface area (TPSA) is 97.3 Å². The highest BCUT2D eigenvalue weighted by molar-refractivity contribution is 6.20. The zero-order valence-electron chi connectivity index (χ0n) is 17.2. The third-order valence-electron chi connectivity index (χ3n) is 5.28. The smallest absolute Gasteiger partial charge is 0.360 e. The van der Waals surface area contributed by atoms with Crippen LogP contribution in [-0.4, -0.2) is 29.5 Å². The first-order chi connectivity index (χ1) is 15.2. The number of hydrogen-bond donors (Lipinski definition) is 2. The van der Waals surface area contributed by atoms with Gasteiger partial charge in [-0.25, -0.2) is 4.79 Å². The van der Waals surface area contributed by atoms with E-state index in [1.54, 1.807) is 12.3 Å². The fourth-order valence-corrected chi connectivity index (χ4v) is 3.93. The van der Waals surface area contributed by atoms with Crippen molar-refractivity contribution in [1.82, 2.24) is 0 Å². The van der Waals surface area contributed by atoms with Gasteiger partial charge in [-0.3, -0.25) is 9.98 Å². The summed E-state index contributed by atoms with van der Waals surface area (Å²) in [6.45, 7) is 2.44. The van der Waals surface area contributed by atoms with Crippen molar-refractivity contribution in [2.24, 2.45) is 15.9 Å². The van der Waals surface area contributed by atoms with Gasteiger partial charge in [-0.2, -0.15) is 5.90 Å². The summed E-state index contributed by atoms with van der Waals surface area (Å²) in [5.41, 5.74) is 5.34. The van der Waals surface area contributed by atoms with Crippen molar-refractivity contribution in [3.8, 4) is 16.9 Å². The van der Waals surface area contributed by atoms with Gasteiger partial charge in [0.1, 0.15) is 11.3 Å². The molecule has 1 aliphatic heterocycles. The summed E-state index contributed by atoms with van der Waals surface area (Å²) in [7, 11) is 0. The van der Waals surface area contributed by atoms with E-state index in [1.807, 2.05) is 54.6 Å². The maximum Gasteiger partial charge on any atom is 0.360 e. The van der Waals surface area contributed by atoms with Gasteiger partial charge in [-0.1, -0.05) is 61.9 Å². The Balaban J connectivity index is 2.08. The Morgan fingerprint density at radius 3 is 2.58 bits per heavy atom. The maximum atomic E-state index is 12.5. The predicted octanol–water partition coefficient (Wildman–Crippen LogP) is 4.60. The minimum absolute atomic E-state index is 0.00144. The molecule has 0 saturated heterocycles. The van der Waals surface area contributed by atoms with E-state index in [-0.39, 0.29) is 11.3 Å². The fraction of sp³-hybridized carbons (Fsp3) is 0.160. The lowest BCUT2D eigenvalue weighted by Crippen LogP contribution is -2.15. The van der Waals surface area contributed by atoms with Gasteiger partial charge in [-0.05, 0) is 35.2 Å². The number of benzene rings is 3. The van der Waals surface area contributed by atoms with E-state index >= 15 is 0 Å². The van der Waals surface area contributed by atoms with E-state index < -0.39 is 5.97 Å². The highest BCUT2D eigenvalue weighted by Gasteiger charge is 2.27. The summed E-state index contributed by atoms with van der Waals surface area (Å²) in [6.07, 6.45) is 3.27. The minimum atomic E-state index is -0.808. The van der Waals surface area contributed by atoms with Gasteiger partial charge in [0.25, 0.3) is 0 Å². The fourth-order valence-electron chi connectivity index (χ4n) is 3.93. The van der Waals surface area contributed by atoms with Crippen molar-refractivity contribution >= 4 is 23.6 Å². The molecule has 4 rings (SSSR count). The van der Waals surface area contributed by atoms with Crippen LogP contribution >= 0.6 is 0 Å². The second kappa shape index (κ2) is 8.93. The van der Waals surface area contributed by atoms with E-state index in [0.717, 1.165) is 34.4 Å². The van der Waals surface area contributed by atoms with Crippen molar-refractivity contribution in [1.29, 1.82) is 0 Å². The van der Waals surface area contributed by atoms with Crippen molar-refractivity contribution in [3.05, 3.63) is 82.9 Å². The lowest BCUT2D eigenvalue weighted by molar-refractivity contribution is 0.0500. The number of fused-ring (bicyclic) bond motifs is 1. The number of para-hydroxylation sites is 1. The molecule has 3 N–H and O–H groups in total. The summed E-state index contributed by atoms with van der Waals surface area (Å²) in [5.74, 6) is 4.18. The molecule has 6 heteroatoms. The first kappa shape index (κ1) is 20.5. The Morgan fingerprint density at radius 1 is 1.10 bits per heavy atom. The van der Waals surface area contributed by atoms with Crippen molar-refractivity contribution in [2.75, 3.05) is 6.54 Å². The van der Waals surface area contributed by atoms with Crippen molar-refractivity contribution in [3.63, 3.8) is 0 Å². The number of phenols is 1. The Labute approximate surface area is 180 Å². The summed E-state index contributed by atoms with van der Waals surface area (Å²) in [5, 5.41) is 11.3. The van der Waals surface area contributed by atoms with E-state index in [2.05, 4.69) is 16.8 Å². The van der Waals surface area contributed by atoms with Crippen molar-refractivity contribution in [2.45, 2.75) is 19.8 Å². The molecule has 0 atom stereocenters. The molecule has 0 spiro atoms. The third kappa shape index (κ3) is 3.85. The number of carbonyl (C=O) groups is 1. The average Bonchev–Trinajstić information content (AvgIpc) is 3.02. The first-order valence-electron chi connectivity index (χ1n) is 10.2. The largest absolute Gasteiger partial charge is 0.506 e. The number of phenolic OH excluding ortho intramolecular Hbond substituents is 1. The normalized spacial score (nSPS) is 12.6. The van der Waals surface area contributed by atoms with E-state index in [9.17, 15) is 9.90 Å². The van der Waals surface area contributed by atoms with Crippen LogP contribution < -0.4 is 5.90 Å². The summed E-state index contributed by atoms with van der Waals surface area (Å²) < 4.78 is 0. The van der Waals surface area contributed by atoms with Crippen LogP contribution in [0, 0.1) is 0 Å². The molecule has 0 fully saturated rings. The molecule has 0 aromatic heterocycles. The van der Waals surface area contributed by atoms with Crippen LogP contribution in [0.4, 0.5) is 5.69 Å². The Morgan fingerprint density at radius 2 is 1.84 bits per heavy atom. The Bertz CT molecular complexity index is 1180. The maximum absolute atomic E-state index is 12.5. The molecular weight excluding hydrogens is 390 g/mol. The van der Waals surface area contributed by atoms with Crippen LogP contribution in [0.15, 0.2) is 70.6 Å². The standard InChI is InChI=1S/C25H23N3O3/c1-2-8-17-19(16-9-4-3-5-10-16)15-20(25(30)31-26)24(29)22(17)23-18-11-6-7-12-21(18)27-13-14-28-23/h3-7,9-13,15,29H,2,8,14,26H2,1H3. The number of hydrogen-bond acceptors (Lipinski definition) is 6. The molecule has 0 radical (unpaired) electrons. The highest BCUT2D eigenvalue weighted by atomic mass is 16.7. The zero-order chi connectivity index (χ0) is 21.8. The molecule has 6 nitrogen and oxygen atoms in total. The van der Waals surface area contributed by atoms with Gasteiger partial charge in [0.15, 0.2) is 0 Å². The second-order valence-electron chi connectivity index (χ2n) is 7.21. The van der Waals surface area contributed by atoms with Crippen LogP contribution in [-0.2, 0) is 11.3 Å². The molecule has 0 amide bonds. The van der Waals surface area contributed by atoms with Gasteiger partial charge in [0.05, 0.1) is 17.9 Å². The zero-order valence-corrected chi connectivity index (χ0v) is 17.2. The quantitative estimate of drug-likeness (QED) is 0.598. The number of rotatable bonds is 5. The van der Waals surface area contributed by atoms with Gasteiger partial charge < -0.3 is 9.94 Å². The van der Waals surface area contributed by atoms with E-state index in [1.165, 1.54) is 0 Å². The monoisotopic (exact) mass is 413 g/mol. The second-order valence-corrected chi connectivity index (χ2v) is 7.21. The van der Waals surface area contributed by atoms with Crippen LogP contribution in [0.25, 0.3) is 11.1 Å². The molecule has 3 aromatic carbocycles. The summed E-state index contributed by atoms with van der Waals surface area (Å²) >= 11 is 0. The summed E-state index contributed by atoms with van der Waals surface area (Å²) in [4.78, 5) is 26.2. The van der Waals surface area contributed by atoms with Gasteiger partial charge >= 0.3 is 5.97 Å². The van der Waals surface area contributed by atoms with E-state index in [4.69, 9.17) is 10.9 Å². The predicted molar refractivity (Wildman–Crippen MR) is 122 cm³/mol. The molecule has 0 aliphatic carbocycles. The lowest BCUT2D eigenvalue weighted by Gasteiger charge is -2.20. The van der Waals surface area contributed by atoms with Gasteiger partial charge in [0, 0.05) is 17.3 Å². The van der Waals surface area contributed by atoms with Gasteiger partial charge in [-0.15, -0.1) is 0 Å². The molecule has 1 aliphatic rings. The molecule has 1 heterocycles. The van der Waals surface area contributed by atoms with Crippen LogP contribution in [0.3, 0.4) is 0 Å². The SMILES string of the molecule is CCCc1c(-c2ccccc2)cc(C(=O)ON)c(O)c1C1=NCC=Nc2ccccc21. The van der Waals surface area contributed by atoms with Crippen LogP contribution in [0.2, 0.25) is 0 Å². The average molecular weight is 413 g/mol. The highest BCUT2D eigenvalue weighted by Crippen LogP contribution is 2.39. The molecule has 0 unspecified atom stereocenters. The molecule has 0 bridgehead atoms. The third-order valence-corrected chi connectivity index (χ3v) is 5.28. The number of nitrogens with zero attached hydrogens (tertiary/aromatic N) is 2.